The number of piperazine rings is 1. The van der Waals surface area contributed by atoms with Gasteiger partial charge in [-0.15, -0.1) is 5.10 Å². The number of aliphatic hydroxyl groups excluding tert-OH is 2. The van der Waals surface area contributed by atoms with Crippen molar-refractivity contribution in [2.75, 3.05) is 57.2 Å². The summed E-state index contributed by atoms with van der Waals surface area (Å²) in [6.45, 7) is 8.94. The van der Waals surface area contributed by atoms with Crippen LogP contribution in [0.15, 0.2) is 67.0 Å². The Hall–Kier alpha value is -7.81. The first-order valence-electron chi connectivity index (χ1n) is 27.6. The molecule has 7 atom stereocenters. The number of amides is 2. The number of halogens is 1. The third-order valence-corrected chi connectivity index (χ3v) is 17.0. The number of aromatic nitrogens is 8. The quantitative estimate of drug-likeness (QED) is 0.0494. The Balaban J connectivity index is 0.816. The van der Waals surface area contributed by atoms with E-state index in [0.717, 1.165) is 86.5 Å². The zero-order chi connectivity index (χ0) is 56.2. The lowest BCUT2D eigenvalue weighted by Crippen LogP contribution is -2.51. The van der Waals surface area contributed by atoms with Crippen molar-refractivity contribution in [3.05, 3.63) is 95.1 Å². The van der Waals surface area contributed by atoms with Gasteiger partial charge in [-0.3, -0.25) is 14.7 Å². The number of ether oxygens (including phenoxy) is 3. The lowest BCUT2D eigenvalue weighted by Gasteiger charge is -2.30. The SMILES string of the molecule is CNc1nc2ccc(C#C[C@H](CO)NC(=O)[C@@H]3C[C@@H](O)CN3C(=O)[C@H](C(C)C)n3cc(-c4ccc(COc5c(-c6c(C)c(F)cc7[nH]ncc67)c(C6CC6)cc6c(N7C[C@@H]8C[C@H]7CN8)nc(OC[C@H](C)OC)nc56)cc4)nn3)cc2s1. The van der Waals surface area contributed by atoms with E-state index in [9.17, 15) is 19.8 Å². The second-order valence-corrected chi connectivity index (χ2v) is 23.0. The van der Waals surface area contributed by atoms with E-state index in [1.165, 1.54) is 27.0 Å². The maximum absolute atomic E-state index is 16.1. The Bertz CT molecular complexity index is 3760. The van der Waals surface area contributed by atoms with E-state index in [0.29, 0.717) is 45.2 Å². The predicted octanol–water partition coefficient (Wildman–Crippen LogP) is 6.64. The summed E-state index contributed by atoms with van der Waals surface area (Å²) in [6, 6.07) is 15.0. The van der Waals surface area contributed by atoms with Gasteiger partial charge in [-0.1, -0.05) is 66.5 Å². The number of carbonyl (C=O) groups excluding carboxylic acids is 2. The fourth-order valence-corrected chi connectivity index (χ4v) is 12.4. The zero-order valence-corrected chi connectivity index (χ0v) is 46.7. The first-order chi connectivity index (χ1) is 39.2. The van der Waals surface area contributed by atoms with Gasteiger partial charge in [-0.25, -0.2) is 14.1 Å². The summed E-state index contributed by atoms with van der Waals surface area (Å²) in [4.78, 5) is 46.9. The van der Waals surface area contributed by atoms with Crippen LogP contribution < -0.4 is 30.3 Å². The van der Waals surface area contributed by atoms with Crippen LogP contribution in [0.2, 0.25) is 0 Å². The number of likely N-dealkylation sites (tertiary alicyclic amines) is 1. The Morgan fingerprint density at radius 2 is 1.83 bits per heavy atom. The minimum atomic E-state index is -1.02. The number of H-pyrrole nitrogens is 1. The summed E-state index contributed by atoms with van der Waals surface area (Å²) in [7, 11) is 3.44. The first-order valence-corrected chi connectivity index (χ1v) is 28.4. The van der Waals surface area contributed by atoms with Crippen LogP contribution in [0, 0.1) is 30.5 Å². The van der Waals surface area contributed by atoms with Crippen LogP contribution in [0.1, 0.15) is 80.7 Å². The number of benzene rings is 4. The Labute approximate surface area is 470 Å². The molecule has 12 rings (SSSR count). The highest BCUT2D eigenvalue weighted by Gasteiger charge is 2.44. The molecule has 4 aromatic heterocycles. The maximum atomic E-state index is 16.1. The normalized spacial score (nSPS) is 19.8. The molecule has 4 fully saturated rings. The number of hydrogen-bond donors (Lipinski definition) is 6. The number of aromatic amines is 1. The molecular formula is C59H64FN13O7S. The molecule has 0 radical (unpaired) electrons. The number of fused-ring (bicyclic) bond motifs is 5. The number of nitrogens with one attached hydrogen (secondary N) is 4. The van der Waals surface area contributed by atoms with Crippen molar-refractivity contribution in [1.29, 1.82) is 0 Å². The molecule has 2 bridgehead atoms. The zero-order valence-electron chi connectivity index (χ0n) is 45.9. The highest BCUT2D eigenvalue weighted by Crippen LogP contribution is 2.53. The Morgan fingerprint density at radius 3 is 2.56 bits per heavy atom. The van der Waals surface area contributed by atoms with E-state index in [1.807, 2.05) is 63.2 Å². The van der Waals surface area contributed by atoms with Gasteiger partial charge in [-0.05, 0) is 92.0 Å². The van der Waals surface area contributed by atoms with Gasteiger partial charge < -0.3 is 50.2 Å². The topological polar surface area (TPSA) is 243 Å². The molecule has 3 saturated heterocycles. The van der Waals surface area contributed by atoms with Crippen LogP contribution in [0.5, 0.6) is 11.8 Å². The molecule has 4 aromatic carbocycles. The molecule has 0 unspecified atom stereocenters. The molecule has 6 N–H and O–H groups in total. The summed E-state index contributed by atoms with van der Waals surface area (Å²) in [5, 5.41) is 49.3. The smallest absolute Gasteiger partial charge is 0.319 e. The highest BCUT2D eigenvalue weighted by molar-refractivity contribution is 7.22. The molecule has 81 heavy (non-hydrogen) atoms. The lowest BCUT2D eigenvalue weighted by atomic mass is 9.88. The van der Waals surface area contributed by atoms with Crippen molar-refractivity contribution in [3.8, 4) is 46.0 Å². The van der Waals surface area contributed by atoms with E-state index in [4.69, 9.17) is 24.2 Å². The van der Waals surface area contributed by atoms with Crippen LogP contribution in [0.25, 0.3) is 54.4 Å². The summed E-state index contributed by atoms with van der Waals surface area (Å²) >= 11 is 1.49. The van der Waals surface area contributed by atoms with Gasteiger partial charge in [-0.2, -0.15) is 15.1 Å². The van der Waals surface area contributed by atoms with Gasteiger partial charge >= 0.3 is 6.01 Å². The van der Waals surface area contributed by atoms with E-state index < -0.39 is 42.7 Å². The summed E-state index contributed by atoms with van der Waals surface area (Å²) in [5.41, 5.74) is 7.69. The van der Waals surface area contributed by atoms with Crippen LogP contribution in [0.4, 0.5) is 15.3 Å². The van der Waals surface area contributed by atoms with E-state index in [1.54, 1.807) is 33.5 Å². The van der Waals surface area contributed by atoms with Crippen molar-refractivity contribution >= 4 is 66.1 Å². The first kappa shape index (κ1) is 53.8. The molecular weight excluding hydrogens is 1050 g/mol. The average Bonchev–Trinajstić information content (AvgIpc) is 4.27. The van der Waals surface area contributed by atoms with Gasteiger partial charge in [0.1, 0.15) is 54.2 Å². The van der Waals surface area contributed by atoms with Gasteiger partial charge in [0.15, 0.2) is 10.9 Å². The van der Waals surface area contributed by atoms with Crippen molar-refractivity contribution in [2.45, 2.75) is 108 Å². The van der Waals surface area contributed by atoms with Crippen LogP contribution in [-0.4, -0.2) is 150 Å². The standard InChI is InChI=1S/C59H64FN13O7S/c1-30(2)53(57(77)72-25-40(75)19-48(72)56(76)64-37(27-74)15-9-33-10-16-45-49(17-33)81-59(61-5)65-45)73-26-47(69-70-73)36-11-7-34(8-12-36)29-79-54-51(50-32(4)44(60)21-46-43(50)23-63-68-46)41(35-13-14-35)20-42-52(54)66-58(80-28-31(3)78-6)67-55(42)71-24-38-18-39(71)22-62-38/h7-8,10-12,16-17,20-21,23,26,30-31,35,37-40,48,53,62,74-75H,13-14,18-19,22,24-25,27-29H2,1-6H3,(H,61,65)(H,63,68)(H,64,76)/t31-,37+,38-,39-,40+,48-,53-/m0/s1. The number of aliphatic hydroxyl groups is 2. The van der Waals surface area contributed by atoms with E-state index in [-0.39, 0.29) is 62.0 Å². The highest BCUT2D eigenvalue weighted by atomic mass is 32.1. The lowest BCUT2D eigenvalue weighted by molar-refractivity contribution is -0.142. The van der Waals surface area contributed by atoms with E-state index in [2.05, 4.69) is 64.3 Å². The molecule has 0 spiro atoms. The van der Waals surface area contributed by atoms with Crippen LogP contribution in [-0.2, 0) is 20.9 Å². The number of β-amino-alcohol motifs (C(OH)–C–C–N with tert-alkyl or cyclic N) is 1. The number of anilines is 2. The molecule has 8 aromatic rings. The molecule has 1 saturated carbocycles. The molecule has 4 aliphatic rings. The monoisotopic (exact) mass is 1120 g/mol. The van der Waals surface area contributed by atoms with Gasteiger partial charge in [0.2, 0.25) is 11.8 Å². The molecule has 3 aliphatic heterocycles. The number of thiazole rings is 1. The van der Waals surface area contributed by atoms with Crippen molar-refractivity contribution in [2.24, 2.45) is 5.92 Å². The molecule has 20 nitrogen and oxygen atoms in total. The predicted molar refractivity (Wildman–Crippen MR) is 306 cm³/mol. The molecule has 420 valence electrons. The largest absolute Gasteiger partial charge is 0.486 e. The minimum absolute atomic E-state index is 0.0143. The second-order valence-electron chi connectivity index (χ2n) is 22.0. The maximum Gasteiger partial charge on any atom is 0.319 e. The average molecular weight is 1120 g/mol. The molecule has 1 aliphatic carbocycles. The number of carbonyl (C=O) groups is 2. The summed E-state index contributed by atoms with van der Waals surface area (Å²) < 4.78 is 37.5. The van der Waals surface area contributed by atoms with Crippen LogP contribution in [0.3, 0.4) is 0 Å². The van der Waals surface area contributed by atoms with E-state index >= 15 is 4.39 Å². The molecule has 2 amide bonds. The molecule has 7 heterocycles. The van der Waals surface area contributed by atoms with Crippen molar-refractivity contribution in [3.63, 3.8) is 0 Å². The fraction of sp³-hybridized carbons (Fsp3) is 0.424. The fourth-order valence-electron chi connectivity index (χ4n) is 11.5. The van der Waals surface area contributed by atoms with Crippen molar-refractivity contribution < 1.29 is 38.4 Å². The Morgan fingerprint density at radius 1 is 1.00 bits per heavy atom. The molecule has 22 heteroatoms. The third kappa shape index (κ3) is 10.6. The number of nitrogens with zero attached hydrogens (tertiary/aromatic N) is 9. The number of rotatable bonds is 18. The summed E-state index contributed by atoms with van der Waals surface area (Å²) in [5.74, 6) is 5.88. The van der Waals surface area contributed by atoms with Gasteiger partial charge in [0, 0.05) is 85.3 Å². The summed E-state index contributed by atoms with van der Waals surface area (Å²) in [6.07, 6.45) is 5.24. The van der Waals surface area contributed by atoms with Crippen molar-refractivity contribution in [1.82, 2.24) is 55.7 Å². The number of hydrogen-bond acceptors (Lipinski definition) is 17. The Kier molecular flexibility index (Phi) is 14.8. The second kappa shape index (κ2) is 22.3. The minimum Gasteiger partial charge on any atom is -0.486 e. The third-order valence-electron chi connectivity index (χ3n) is 16.0. The number of methoxy groups -OCH3 is 1. The van der Waals surface area contributed by atoms with Gasteiger partial charge in [0.25, 0.3) is 0 Å². The van der Waals surface area contributed by atoms with Gasteiger partial charge in [0.05, 0.1) is 46.9 Å². The van der Waals surface area contributed by atoms with Crippen LogP contribution >= 0.6 is 11.3 Å².